The van der Waals surface area contributed by atoms with Gasteiger partial charge < -0.3 is 5.32 Å². The molecule has 1 atom stereocenters. The van der Waals surface area contributed by atoms with Crippen LogP contribution < -0.4 is 10.7 Å². The monoisotopic (exact) mass is 384 g/mol. The van der Waals surface area contributed by atoms with E-state index >= 15 is 0 Å². The molecule has 2 aromatic carbocycles. The Morgan fingerprint density at radius 2 is 1.85 bits per heavy atom. The quantitative estimate of drug-likeness (QED) is 0.598. The number of carbonyl (C=O) groups is 1. The lowest BCUT2D eigenvalue weighted by molar-refractivity contribution is 0.0955. The maximum absolute atomic E-state index is 12.9. The van der Waals surface area contributed by atoms with Gasteiger partial charge in [0.05, 0.1) is 12.3 Å². The van der Waals surface area contributed by atoms with Gasteiger partial charge in [-0.25, -0.2) is 9.82 Å². The molecule has 1 amide bonds. The summed E-state index contributed by atoms with van der Waals surface area (Å²) in [4.78, 5) is 16.5. The summed E-state index contributed by atoms with van der Waals surface area (Å²) < 4.78 is 12.9. The molecule has 3 rings (SSSR count). The van der Waals surface area contributed by atoms with Crippen LogP contribution in [0.1, 0.15) is 36.2 Å². The van der Waals surface area contributed by atoms with Crippen molar-refractivity contribution in [3.63, 3.8) is 0 Å². The third-order valence-corrected chi connectivity index (χ3v) is 5.43. The number of benzene rings is 2. The second-order valence-corrected chi connectivity index (χ2v) is 7.43. The van der Waals surface area contributed by atoms with Gasteiger partial charge in [-0.2, -0.15) is 5.10 Å². The second kappa shape index (κ2) is 8.81. The molecule has 0 aliphatic carbocycles. The Balaban J connectivity index is 1.58. The molecule has 0 unspecified atom stereocenters. The van der Waals surface area contributed by atoms with Crippen LogP contribution in [-0.4, -0.2) is 28.6 Å². The fraction of sp³-hybridized carbons (Fsp3) is 0.250. The van der Waals surface area contributed by atoms with Crippen LogP contribution in [0.25, 0.3) is 0 Å². The topological polar surface area (TPSA) is 65.8 Å². The molecule has 0 saturated heterocycles. The number of amides is 1. The van der Waals surface area contributed by atoms with Crippen molar-refractivity contribution in [1.29, 1.82) is 0 Å². The van der Waals surface area contributed by atoms with Crippen LogP contribution in [0.15, 0.2) is 58.6 Å². The van der Waals surface area contributed by atoms with E-state index in [0.717, 1.165) is 29.4 Å². The van der Waals surface area contributed by atoms with Gasteiger partial charge in [-0.3, -0.25) is 9.79 Å². The number of hydrazone groups is 1. The highest BCUT2D eigenvalue weighted by Crippen LogP contribution is 2.24. The van der Waals surface area contributed by atoms with Gasteiger partial charge in [0.15, 0.2) is 5.17 Å². The SMILES string of the molecule is CC[C@H]1CN=C(Nc2ccc(/C(C)=N\NC(=O)c3ccc(F)cc3)cc2)S1. The minimum absolute atomic E-state index is 0.354. The van der Waals surface area contributed by atoms with Crippen LogP contribution in [0.3, 0.4) is 0 Å². The van der Waals surface area contributed by atoms with Crippen molar-refractivity contribution in [2.75, 3.05) is 11.9 Å². The van der Waals surface area contributed by atoms with E-state index in [1.165, 1.54) is 24.3 Å². The summed E-state index contributed by atoms with van der Waals surface area (Å²) in [5, 5.41) is 8.95. The van der Waals surface area contributed by atoms with Gasteiger partial charge in [-0.05, 0) is 55.3 Å². The molecule has 2 N–H and O–H groups in total. The molecule has 0 spiro atoms. The largest absolute Gasteiger partial charge is 0.335 e. The zero-order valence-corrected chi connectivity index (χ0v) is 16.0. The van der Waals surface area contributed by atoms with Crippen LogP contribution in [-0.2, 0) is 0 Å². The molecule has 1 heterocycles. The third-order valence-electron chi connectivity index (χ3n) is 4.16. The predicted octanol–water partition coefficient (Wildman–Crippen LogP) is 4.27. The number of anilines is 1. The van der Waals surface area contributed by atoms with E-state index in [-0.39, 0.29) is 11.7 Å². The first kappa shape index (κ1) is 19.1. The average Bonchev–Trinajstić information content (AvgIpc) is 3.14. The lowest BCUT2D eigenvalue weighted by atomic mass is 10.1. The fourth-order valence-electron chi connectivity index (χ4n) is 2.48. The zero-order valence-electron chi connectivity index (χ0n) is 15.2. The molecule has 7 heteroatoms. The molecule has 0 aromatic heterocycles. The lowest BCUT2D eigenvalue weighted by Gasteiger charge is -2.08. The summed E-state index contributed by atoms with van der Waals surface area (Å²) in [7, 11) is 0. The van der Waals surface area contributed by atoms with E-state index in [2.05, 4.69) is 27.8 Å². The van der Waals surface area contributed by atoms with E-state index in [0.29, 0.717) is 16.5 Å². The number of hydrogen-bond acceptors (Lipinski definition) is 5. The number of hydrogen-bond donors (Lipinski definition) is 2. The second-order valence-electron chi connectivity index (χ2n) is 6.14. The van der Waals surface area contributed by atoms with Crippen molar-refractivity contribution in [2.45, 2.75) is 25.5 Å². The Bertz CT molecular complexity index is 863. The van der Waals surface area contributed by atoms with Gasteiger partial charge in [0.2, 0.25) is 0 Å². The molecule has 1 aliphatic heterocycles. The molecule has 27 heavy (non-hydrogen) atoms. The van der Waals surface area contributed by atoms with E-state index < -0.39 is 0 Å². The van der Waals surface area contributed by atoms with Gasteiger partial charge in [-0.1, -0.05) is 30.8 Å². The normalized spacial score (nSPS) is 16.8. The summed E-state index contributed by atoms with van der Waals surface area (Å²) in [6.45, 7) is 4.85. The maximum Gasteiger partial charge on any atom is 0.271 e. The highest BCUT2D eigenvalue weighted by Gasteiger charge is 2.17. The van der Waals surface area contributed by atoms with Gasteiger partial charge >= 0.3 is 0 Å². The van der Waals surface area contributed by atoms with Crippen molar-refractivity contribution in [3.8, 4) is 0 Å². The van der Waals surface area contributed by atoms with Crippen LogP contribution in [0.2, 0.25) is 0 Å². The van der Waals surface area contributed by atoms with Crippen LogP contribution in [0, 0.1) is 5.82 Å². The molecule has 0 radical (unpaired) electrons. The molecule has 1 aliphatic rings. The molecule has 140 valence electrons. The number of halogens is 1. The Labute approximate surface area is 162 Å². The highest BCUT2D eigenvalue weighted by atomic mass is 32.2. The number of aliphatic imine (C=N–C) groups is 1. The highest BCUT2D eigenvalue weighted by molar-refractivity contribution is 8.15. The first-order valence-electron chi connectivity index (χ1n) is 8.74. The zero-order chi connectivity index (χ0) is 19.2. The Morgan fingerprint density at radius 1 is 1.19 bits per heavy atom. The number of nitrogens with one attached hydrogen (secondary N) is 2. The van der Waals surface area contributed by atoms with Crippen molar-refractivity contribution in [3.05, 3.63) is 65.5 Å². The average molecular weight is 384 g/mol. The van der Waals surface area contributed by atoms with Gasteiger partial charge in [0, 0.05) is 16.5 Å². The predicted molar refractivity (Wildman–Crippen MR) is 110 cm³/mol. The minimum atomic E-state index is -0.382. The minimum Gasteiger partial charge on any atom is -0.335 e. The number of carbonyl (C=O) groups excluding carboxylic acids is 1. The van der Waals surface area contributed by atoms with E-state index in [1.54, 1.807) is 11.8 Å². The molecule has 0 saturated carbocycles. The van der Waals surface area contributed by atoms with Crippen molar-refractivity contribution in [1.82, 2.24) is 5.43 Å². The van der Waals surface area contributed by atoms with Crippen LogP contribution in [0.4, 0.5) is 10.1 Å². The van der Waals surface area contributed by atoms with Crippen molar-refractivity contribution in [2.24, 2.45) is 10.1 Å². The molecule has 2 aromatic rings. The third kappa shape index (κ3) is 5.17. The molecule has 0 fully saturated rings. The molecular weight excluding hydrogens is 363 g/mol. The standard InChI is InChI=1S/C20H21FN4OS/c1-3-18-12-22-20(27-18)23-17-10-6-14(7-11-17)13(2)24-25-19(26)15-4-8-16(21)9-5-15/h4-11,18H,3,12H2,1-2H3,(H,22,23)(H,25,26)/b24-13-/t18-/m0/s1. The van der Waals surface area contributed by atoms with Gasteiger partial charge in [-0.15, -0.1) is 0 Å². The van der Waals surface area contributed by atoms with E-state index in [9.17, 15) is 9.18 Å². The Hall–Kier alpha value is -2.67. The number of amidine groups is 1. The smallest absolute Gasteiger partial charge is 0.271 e. The molecule has 5 nitrogen and oxygen atoms in total. The first-order valence-corrected chi connectivity index (χ1v) is 9.62. The fourth-order valence-corrected chi connectivity index (χ4v) is 3.44. The molecular formula is C20H21FN4OS. The van der Waals surface area contributed by atoms with E-state index in [1.807, 2.05) is 31.2 Å². The van der Waals surface area contributed by atoms with E-state index in [4.69, 9.17) is 0 Å². The Morgan fingerprint density at radius 3 is 2.48 bits per heavy atom. The van der Waals surface area contributed by atoms with Gasteiger partial charge in [0.25, 0.3) is 5.91 Å². The Kier molecular flexibility index (Phi) is 6.24. The van der Waals surface area contributed by atoms with Crippen molar-refractivity contribution >= 4 is 34.2 Å². The first-order chi connectivity index (χ1) is 13.0. The number of rotatable bonds is 5. The maximum atomic E-state index is 12.9. The van der Waals surface area contributed by atoms with Crippen molar-refractivity contribution < 1.29 is 9.18 Å². The number of thioether (sulfide) groups is 1. The number of nitrogens with zero attached hydrogens (tertiary/aromatic N) is 2. The van der Waals surface area contributed by atoms with Gasteiger partial charge in [0.1, 0.15) is 5.82 Å². The molecule has 0 bridgehead atoms. The summed E-state index contributed by atoms with van der Waals surface area (Å²) in [6.07, 6.45) is 1.11. The lowest BCUT2D eigenvalue weighted by Crippen LogP contribution is -2.19. The van der Waals surface area contributed by atoms with Crippen LogP contribution >= 0.6 is 11.8 Å². The summed E-state index contributed by atoms with van der Waals surface area (Å²) in [5.41, 5.74) is 5.38. The summed E-state index contributed by atoms with van der Waals surface area (Å²) in [5.74, 6) is -0.763. The summed E-state index contributed by atoms with van der Waals surface area (Å²) in [6, 6.07) is 13.1. The summed E-state index contributed by atoms with van der Waals surface area (Å²) >= 11 is 1.77. The van der Waals surface area contributed by atoms with Crippen LogP contribution in [0.5, 0.6) is 0 Å².